The van der Waals surface area contributed by atoms with Crippen molar-refractivity contribution in [2.45, 2.75) is 52.4 Å². The van der Waals surface area contributed by atoms with Crippen LogP contribution in [0.2, 0.25) is 0 Å². The third kappa shape index (κ3) is 25.2. The summed E-state index contributed by atoms with van der Waals surface area (Å²) in [6.07, 6.45) is 5.18. The molecule has 18 heavy (non-hydrogen) atoms. The monoisotopic (exact) mass is 304 g/mol. The highest BCUT2D eigenvalue weighted by atomic mass is 31.2. The van der Waals surface area contributed by atoms with E-state index in [0.29, 0.717) is 0 Å². The molecule has 8 heteroatoms. The zero-order valence-corrected chi connectivity index (χ0v) is 12.9. The summed E-state index contributed by atoms with van der Waals surface area (Å²) in [6.45, 7) is 4.46. The van der Waals surface area contributed by atoms with Gasteiger partial charge < -0.3 is 19.6 Å². The van der Waals surface area contributed by atoms with E-state index in [4.69, 9.17) is 19.6 Å². The first-order valence-corrected chi connectivity index (χ1v) is 9.81. The Bertz CT molecular complexity index is 242. The Morgan fingerprint density at radius 3 is 1.11 bits per heavy atom. The molecule has 0 spiro atoms. The average Bonchev–Trinajstić information content (AvgIpc) is 2.20. The van der Waals surface area contributed by atoms with Crippen LogP contribution in [0, 0.1) is 0 Å². The summed E-state index contributed by atoms with van der Waals surface area (Å²) in [6, 6.07) is 0. The lowest BCUT2D eigenvalue weighted by Crippen LogP contribution is -1.92. The maximum Gasteiger partial charge on any atom is 0.325 e. The minimum Gasteiger partial charge on any atom is -0.324 e. The summed E-state index contributed by atoms with van der Waals surface area (Å²) in [5.74, 6) is 0. The van der Waals surface area contributed by atoms with E-state index in [1.54, 1.807) is 0 Å². The van der Waals surface area contributed by atoms with Crippen LogP contribution in [0.3, 0.4) is 0 Å². The Morgan fingerprint density at radius 1 is 0.667 bits per heavy atom. The van der Waals surface area contributed by atoms with Gasteiger partial charge in [-0.1, -0.05) is 39.5 Å². The van der Waals surface area contributed by atoms with Crippen LogP contribution in [0.15, 0.2) is 0 Å². The molecule has 0 aromatic carbocycles. The predicted molar refractivity (Wildman–Crippen MR) is 72.9 cm³/mol. The molecule has 0 amide bonds. The molecule has 0 fully saturated rings. The maximum absolute atomic E-state index is 10.3. The van der Waals surface area contributed by atoms with Crippen LogP contribution >= 0.6 is 15.2 Å². The second kappa shape index (κ2) is 11.2. The van der Waals surface area contributed by atoms with E-state index in [0.717, 1.165) is 0 Å². The normalized spacial score (nSPS) is 11.9. The lowest BCUT2D eigenvalue weighted by molar-refractivity contribution is 0.364. The van der Waals surface area contributed by atoms with Gasteiger partial charge in [-0.05, 0) is 12.8 Å². The molecule has 0 aromatic rings. The van der Waals surface area contributed by atoms with Crippen LogP contribution in [0.1, 0.15) is 52.4 Å². The fraction of sp³-hybridized carbons (Fsp3) is 1.00. The molecule has 6 nitrogen and oxygen atoms in total. The molecule has 0 aromatic heterocycles. The molecule has 4 N–H and O–H groups in total. The first kappa shape index (κ1) is 20.6. The van der Waals surface area contributed by atoms with Gasteiger partial charge in [-0.3, -0.25) is 9.13 Å². The molecule has 0 rings (SSSR count). The topological polar surface area (TPSA) is 115 Å². The summed E-state index contributed by atoms with van der Waals surface area (Å²) in [5.41, 5.74) is 0. The fourth-order valence-electron chi connectivity index (χ4n) is 1.14. The highest BCUT2D eigenvalue weighted by Crippen LogP contribution is 2.38. The number of hydrogen-bond acceptors (Lipinski definition) is 2. The molecule has 0 bridgehead atoms. The van der Waals surface area contributed by atoms with E-state index in [2.05, 4.69) is 13.8 Å². The molecule has 0 atom stereocenters. The van der Waals surface area contributed by atoms with Crippen molar-refractivity contribution in [3.8, 4) is 0 Å². The summed E-state index contributed by atoms with van der Waals surface area (Å²) in [4.78, 5) is 33.5. The molecule has 0 unspecified atom stereocenters. The van der Waals surface area contributed by atoms with Gasteiger partial charge in [0.25, 0.3) is 0 Å². The maximum atomic E-state index is 10.3. The van der Waals surface area contributed by atoms with Gasteiger partial charge in [0, 0.05) is 12.3 Å². The van der Waals surface area contributed by atoms with Crippen LogP contribution in [-0.4, -0.2) is 31.9 Å². The standard InChI is InChI=1S/C6H14.C4H12O6P2/c1-3-5-6-4-2;5-11(6,7)3-1-2-4-12(8,9)10/h3-6H2,1-2H3;1-4H2,(H2,5,6,7)(H2,8,9,10). The molecule has 0 radical (unpaired) electrons. The van der Waals surface area contributed by atoms with Gasteiger partial charge in [0.2, 0.25) is 0 Å². The van der Waals surface area contributed by atoms with Crippen LogP contribution in [0.4, 0.5) is 0 Å². The first-order valence-electron chi connectivity index (χ1n) is 6.21. The second-order valence-electron chi connectivity index (χ2n) is 4.19. The number of rotatable bonds is 8. The van der Waals surface area contributed by atoms with Crippen molar-refractivity contribution in [3.05, 3.63) is 0 Å². The lowest BCUT2D eigenvalue weighted by atomic mass is 10.2. The van der Waals surface area contributed by atoms with E-state index < -0.39 is 15.2 Å². The van der Waals surface area contributed by atoms with Gasteiger partial charge in [-0.2, -0.15) is 0 Å². The summed E-state index contributed by atoms with van der Waals surface area (Å²) in [7, 11) is -8.00. The zero-order valence-electron chi connectivity index (χ0n) is 11.2. The molecular formula is C10H26O6P2. The molecule has 112 valence electrons. The van der Waals surface area contributed by atoms with Crippen molar-refractivity contribution < 1.29 is 28.7 Å². The van der Waals surface area contributed by atoms with Crippen LogP contribution in [-0.2, 0) is 9.13 Å². The summed E-state index contributed by atoms with van der Waals surface area (Å²) >= 11 is 0. The molecule has 0 aliphatic rings. The van der Waals surface area contributed by atoms with E-state index in [1.165, 1.54) is 25.7 Å². The predicted octanol–water partition coefficient (Wildman–Crippen LogP) is 2.71. The Balaban J connectivity index is 0. The molecule has 0 aliphatic carbocycles. The van der Waals surface area contributed by atoms with Crippen LogP contribution in [0.25, 0.3) is 0 Å². The minimum atomic E-state index is -4.00. The quantitative estimate of drug-likeness (QED) is 0.405. The van der Waals surface area contributed by atoms with E-state index >= 15 is 0 Å². The number of unbranched alkanes of at least 4 members (excludes halogenated alkanes) is 4. The van der Waals surface area contributed by atoms with Crippen LogP contribution in [0.5, 0.6) is 0 Å². The van der Waals surface area contributed by atoms with Crippen molar-refractivity contribution in [2.75, 3.05) is 12.3 Å². The van der Waals surface area contributed by atoms with Gasteiger partial charge in [0.1, 0.15) is 0 Å². The van der Waals surface area contributed by atoms with Crippen LogP contribution < -0.4 is 0 Å². The Hall–Kier alpha value is 0.300. The van der Waals surface area contributed by atoms with Gasteiger partial charge in [0.05, 0.1) is 0 Å². The summed E-state index contributed by atoms with van der Waals surface area (Å²) in [5, 5.41) is 0. The molecule has 0 heterocycles. The highest BCUT2D eigenvalue weighted by Gasteiger charge is 2.15. The summed E-state index contributed by atoms with van der Waals surface area (Å²) < 4.78 is 20.5. The lowest BCUT2D eigenvalue weighted by Gasteiger charge is -2.04. The largest absolute Gasteiger partial charge is 0.325 e. The first-order chi connectivity index (χ1) is 8.12. The van der Waals surface area contributed by atoms with E-state index in [-0.39, 0.29) is 25.2 Å². The van der Waals surface area contributed by atoms with Gasteiger partial charge in [0.15, 0.2) is 0 Å². The molecule has 0 saturated heterocycles. The molecule has 0 saturated carbocycles. The number of hydrogen-bond donors (Lipinski definition) is 4. The SMILES string of the molecule is CCCCCC.O=P(O)(O)CCCCP(=O)(O)O. The highest BCUT2D eigenvalue weighted by molar-refractivity contribution is 7.52. The fourth-order valence-corrected chi connectivity index (χ4v) is 2.41. The van der Waals surface area contributed by atoms with Crippen molar-refractivity contribution in [1.29, 1.82) is 0 Å². The van der Waals surface area contributed by atoms with Crippen molar-refractivity contribution in [1.82, 2.24) is 0 Å². The second-order valence-corrected chi connectivity index (χ2v) is 7.74. The van der Waals surface area contributed by atoms with E-state index in [9.17, 15) is 9.13 Å². The Kier molecular flexibility index (Phi) is 12.8. The van der Waals surface area contributed by atoms with Gasteiger partial charge in [-0.15, -0.1) is 0 Å². The van der Waals surface area contributed by atoms with E-state index in [1.807, 2.05) is 0 Å². The van der Waals surface area contributed by atoms with Crippen molar-refractivity contribution in [3.63, 3.8) is 0 Å². The molecule has 0 aliphatic heterocycles. The van der Waals surface area contributed by atoms with Crippen molar-refractivity contribution in [2.24, 2.45) is 0 Å². The third-order valence-corrected chi connectivity index (χ3v) is 3.90. The van der Waals surface area contributed by atoms with Crippen molar-refractivity contribution >= 4 is 15.2 Å². The van der Waals surface area contributed by atoms with Gasteiger partial charge in [-0.25, -0.2) is 0 Å². The Morgan fingerprint density at radius 2 is 0.944 bits per heavy atom. The third-order valence-electron chi connectivity index (χ3n) is 2.11. The zero-order chi connectivity index (χ0) is 14.7. The minimum absolute atomic E-state index is 0.134. The smallest absolute Gasteiger partial charge is 0.324 e. The van der Waals surface area contributed by atoms with Gasteiger partial charge >= 0.3 is 15.2 Å². The Labute approximate surface area is 109 Å². The molecular weight excluding hydrogens is 278 g/mol. The average molecular weight is 304 g/mol.